The van der Waals surface area contributed by atoms with Crippen LogP contribution in [-0.4, -0.2) is 20.4 Å². The van der Waals surface area contributed by atoms with E-state index in [2.05, 4.69) is 0 Å². The van der Waals surface area contributed by atoms with E-state index in [9.17, 15) is 21.6 Å². The van der Waals surface area contributed by atoms with Crippen molar-refractivity contribution < 1.29 is 21.6 Å². The topological polar surface area (TPSA) is 60.2 Å². The third-order valence-electron chi connectivity index (χ3n) is 2.47. The molecule has 2 N–H and O–H groups in total. The summed E-state index contributed by atoms with van der Waals surface area (Å²) in [5.41, 5.74) is 5.46. The first-order valence-electron chi connectivity index (χ1n) is 5.20. The molecule has 1 aromatic rings. The molecule has 1 unspecified atom stereocenters. The minimum absolute atomic E-state index is 0.0881. The van der Waals surface area contributed by atoms with Crippen LogP contribution in [0.3, 0.4) is 0 Å². The number of nitrogens with two attached hydrogens (primary N) is 1. The van der Waals surface area contributed by atoms with Crippen LogP contribution in [0.1, 0.15) is 23.6 Å². The van der Waals surface area contributed by atoms with Gasteiger partial charge < -0.3 is 5.73 Å². The van der Waals surface area contributed by atoms with Gasteiger partial charge in [0.1, 0.15) is 9.84 Å². The van der Waals surface area contributed by atoms with Crippen molar-refractivity contribution in [1.82, 2.24) is 0 Å². The van der Waals surface area contributed by atoms with Crippen LogP contribution in [0, 0.1) is 0 Å². The fraction of sp³-hybridized carbons (Fsp3) is 0.455. The zero-order chi connectivity index (χ0) is 14.0. The minimum Gasteiger partial charge on any atom is -0.324 e. The summed E-state index contributed by atoms with van der Waals surface area (Å²) in [6, 6.07) is 3.85. The van der Waals surface area contributed by atoms with Crippen LogP contribution in [0.25, 0.3) is 0 Å². The second kappa shape index (κ2) is 5.27. The molecule has 102 valence electrons. The van der Waals surface area contributed by atoms with Crippen LogP contribution < -0.4 is 5.73 Å². The molecule has 3 nitrogen and oxygen atoms in total. The Labute approximate surface area is 104 Å². The first-order chi connectivity index (χ1) is 8.09. The molecule has 18 heavy (non-hydrogen) atoms. The molecule has 1 atom stereocenters. The Morgan fingerprint density at radius 1 is 1.22 bits per heavy atom. The summed E-state index contributed by atoms with van der Waals surface area (Å²) < 4.78 is 58.8. The van der Waals surface area contributed by atoms with Gasteiger partial charge in [0.15, 0.2) is 0 Å². The average Bonchev–Trinajstić information content (AvgIpc) is 2.24. The highest BCUT2D eigenvalue weighted by molar-refractivity contribution is 7.90. The van der Waals surface area contributed by atoms with Crippen LogP contribution >= 0.6 is 0 Å². The van der Waals surface area contributed by atoms with Crippen LogP contribution in [0.4, 0.5) is 13.2 Å². The maximum absolute atomic E-state index is 12.3. The van der Waals surface area contributed by atoms with Crippen molar-refractivity contribution in [2.75, 3.05) is 12.0 Å². The van der Waals surface area contributed by atoms with Crippen molar-refractivity contribution in [3.63, 3.8) is 0 Å². The van der Waals surface area contributed by atoms with Gasteiger partial charge in [0, 0.05) is 12.3 Å². The summed E-state index contributed by atoms with van der Waals surface area (Å²) in [4.78, 5) is 0. The van der Waals surface area contributed by atoms with Gasteiger partial charge in [-0.25, -0.2) is 8.42 Å². The predicted octanol–water partition coefficient (Wildman–Crippen LogP) is 2.14. The normalized spacial score (nSPS) is 14.5. The van der Waals surface area contributed by atoms with E-state index in [1.54, 1.807) is 0 Å². The molecule has 7 heteroatoms. The van der Waals surface area contributed by atoms with Crippen molar-refractivity contribution in [2.24, 2.45) is 5.73 Å². The zero-order valence-electron chi connectivity index (χ0n) is 9.74. The molecule has 0 saturated heterocycles. The lowest BCUT2D eigenvalue weighted by molar-refractivity contribution is -0.137. The molecule has 0 bridgehead atoms. The molecular formula is C11H14F3NO2S. The van der Waals surface area contributed by atoms with Crippen LogP contribution in [0.2, 0.25) is 0 Å². The molecule has 0 aliphatic heterocycles. The molecule has 0 aliphatic carbocycles. The molecule has 1 rings (SSSR count). The first-order valence-corrected chi connectivity index (χ1v) is 7.26. The monoisotopic (exact) mass is 281 g/mol. The van der Waals surface area contributed by atoms with Gasteiger partial charge in [0.05, 0.1) is 11.3 Å². The fourth-order valence-corrected chi connectivity index (χ4v) is 2.11. The number of sulfone groups is 1. The summed E-state index contributed by atoms with van der Waals surface area (Å²) in [6.45, 7) is 0. The molecule has 0 heterocycles. The second-order valence-corrected chi connectivity index (χ2v) is 6.40. The quantitative estimate of drug-likeness (QED) is 0.919. The SMILES string of the molecule is CS(=O)(=O)CCC(N)c1ccc(C(F)(F)F)cc1. The number of hydrogen-bond acceptors (Lipinski definition) is 3. The van der Waals surface area contributed by atoms with Gasteiger partial charge in [-0.1, -0.05) is 12.1 Å². The lowest BCUT2D eigenvalue weighted by Crippen LogP contribution is -2.16. The largest absolute Gasteiger partial charge is 0.416 e. The van der Waals surface area contributed by atoms with E-state index in [0.717, 1.165) is 18.4 Å². The Kier molecular flexibility index (Phi) is 4.39. The lowest BCUT2D eigenvalue weighted by Gasteiger charge is -2.13. The first kappa shape index (κ1) is 15.0. The molecule has 0 fully saturated rings. The molecule has 1 aromatic carbocycles. The highest BCUT2D eigenvalue weighted by Crippen LogP contribution is 2.30. The molecule has 0 aromatic heterocycles. The predicted molar refractivity (Wildman–Crippen MR) is 62.7 cm³/mol. The van der Waals surface area contributed by atoms with E-state index in [4.69, 9.17) is 5.73 Å². The van der Waals surface area contributed by atoms with Crippen molar-refractivity contribution in [3.8, 4) is 0 Å². The van der Waals surface area contributed by atoms with E-state index in [1.165, 1.54) is 12.1 Å². The van der Waals surface area contributed by atoms with Gasteiger partial charge in [0.25, 0.3) is 0 Å². The summed E-state index contributed by atoms with van der Waals surface area (Å²) in [5.74, 6) is -0.0881. The van der Waals surface area contributed by atoms with Gasteiger partial charge in [-0.15, -0.1) is 0 Å². The number of alkyl halides is 3. The summed E-state index contributed by atoms with van der Waals surface area (Å²) in [6.07, 6.45) is -3.11. The molecule has 0 saturated carbocycles. The van der Waals surface area contributed by atoms with Gasteiger partial charge in [-0.05, 0) is 24.1 Å². The third-order valence-corrected chi connectivity index (χ3v) is 3.44. The van der Waals surface area contributed by atoms with Gasteiger partial charge in [0.2, 0.25) is 0 Å². The van der Waals surface area contributed by atoms with E-state index < -0.39 is 27.6 Å². The summed E-state index contributed by atoms with van der Waals surface area (Å²) in [7, 11) is -3.12. The number of halogens is 3. The van der Waals surface area contributed by atoms with Crippen molar-refractivity contribution >= 4 is 9.84 Å². The lowest BCUT2D eigenvalue weighted by atomic mass is 10.0. The third kappa shape index (κ3) is 4.66. The second-order valence-electron chi connectivity index (χ2n) is 4.14. The maximum atomic E-state index is 12.3. The van der Waals surface area contributed by atoms with Crippen LogP contribution in [-0.2, 0) is 16.0 Å². The van der Waals surface area contributed by atoms with E-state index in [1.807, 2.05) is 0 Å². The fourth-order valence-electron chi connectivity index (χ4n) is 1.43. The highest BCUT2D eigenvalue weighted by atomic mass is 32.2. The molecule has 0 radical (unpaired) electrons. The van der Waals surface area contributed by atoms with Crippen molar-refractivity contribution in [1.29, 1.82) is 0 Å². The van der Waals surface area contributed by atoms with Crippen molar-refractivity contribution in [3.05, 3.63) is 35.4 Å². The zero-order valence-corrected chi connectivity index (χ0v) is 10.6. The highest BCUT2D eigenvalue weighted by Gasteiger charge is 2.30. The maximum Gasteiger partial charge on any atom is 0.416 e. The molecule has 0 amide bonds. The summed E-state index contributed by atoms with van der Waals surface area (Å²) in [5, 5.41) is 0. The Hall–Kier alpha value is -1.08. The van der Waals surface area contributed by atoms with E-state index in [-0.39, 0.29) is 12.2 Å². The van der Waals surface area contributed by atoms with E-state index in [0.29, 0.717) is 5.56 Å². The van der Waals surface area contributed by atoms with Crippen LogP contribution in [0.15, 0.2) is 24.3 Å². The number of hydrogen-bond donors (Lipinski definition) is 1. The smallest absolute Gasteiger partial charge is 0.324 e. The Balaban J connectivity index is 2.74. The summed E-state index contributed by atoms with van der Waals surface area (Å²) >= 11 is 0. The van der Waals surface area contributed by atoms with Gasteiger partial charge in [-0.2, -0.15) is 13.2 Å². The van der Waals surface area contributed by atoms with E-state index >= 15 is 0 Å². The number of rotatable bonds is 4. The number of benzene rings is 1. The Morgan fingerprint density at radius 3 is 2.11 bits per heavy atom. The Morgan fingerprint density at radius 2 is 1.72 bits per heavy atom. The average molecular weight is 281 g/mol. The van der Waals surface area contributed by atoms with Crippen LogP contribution in [0.5, 0.6) is 0 Å². The van der Waals surface area contributed by atoms with Gasteiger partial charge in [-0.3, -0.25) is 0 Å². The Bertz CT molecular complexity index is 494. The molecule has 0 aliphatic rings. The van der Waals surface area contributed by atoms with Crippen molar-refractivity contribution in [2.45, 2.75) is 18.6 Å². The standard InChI is InChI=1S/C11H14F3NO2S/c1-18(16,17)7-6-10(15)8-2-4-9(5-3-8)11(12,13)14/h2-5,10H,6-7,15H2,1H3. The van der Waals surface area contributed by atoms with Gasteiger partial charge >= 0.3 is 6.18 Å². The molecular weight excluding hydrogens is 267 g/mol. The minimum atomic E-state index is -4.38. The molecule has 0 spiro atoms.